The predicted octanol–water partition coefficient (Wildman–Crippen LogP) is 4.99. The molecule has 6 nitrogen and oxygen atoms in total. The van der Waals surface area contributed by atoms with E-state index < -0.39 is 0 Å². The summed E-state index contributed by atoms with van der Waals surface area (Å²) in [7, 11) is 1.61. The van der Waals surface area contributed by atoms with E-state index in [-0.39, 0.29) is 11.2 Å². The maximum Gasteiger partial charge on any atom is 0.237 e. The first-order valence-corrected chi connectivity index (χ1v) is 11.2. The summed E-state index contributed by atoms with van der Waals surface area (Å²) in [5, 5.41) is 12.1. The van der Waals surface area contributed by atoms with E-state index in [4.69, 9.17) is 4.74 Å². The number of nitrogens with one attached hydrogen (secondary N) is 1. The lowest BCUT2D eigenvalue weighted by atomic mass is 10.1. The number of hydrogen-bond donors (Lipinski definition) is 1. The first kappa shape index (κ1) is 21.6. The Kier molecular flexibility index (Phi) is 6.87. The molecule has 0 saturated heterocycles. The largest absolute Gasteiger partial charge is 0.497 e. The van der Waals surface area contributed by atoms with Crippen molar-refractivity contribution in [3.63, 3.8) is 0 Å². The van der Waals surface area contributed by atoms with Crippen molar-refractivity contribution in [1.29, 1.82) is 0 Å². The molecular formula is C25H24N4O2S. The van der Waals surface area contributed by atoms with Gasteiger partial charge in [-0.05, 0) is 48.9 Å². The highest BCUT2D eigenvalue weighted by Gasteiger charge is 2.21. The number of anilines is 1. The van der Waals surface area contributed by atoms with Gasteiger partial charge in [0.2, 0.25) is 5.91 Å². The van der Waals surface area contributed by atoms with E-state index >= 15 is 0 Å². The van der Waals surface area contributed by atoms with Crippen molar-refractivity contribution in [2.75, 3.05) is 12.4 Å². The van der Waals surface area contributed by atoms with Gasteiger partial charge >= 0.3 is 0 Å². The molecule has 3 aromatic carbocycles. The Labute approximate surface area is 191 Å². The third-order valence-electron chi connectivity index (χ3n) is 4.93. The predicted molar refractivity (Wildman–Crippen MR) is 128 cm³/mol. The molecule has 7 heteroatoms. The van der Waals surface area contributed by atoms with Crippen molar-refractivity contribution >= 4 is 23.4 Å². The van der Waals surface area contributed by atoms with Gasteiger partial charge in [0.05, 0.1) is 12.4 Å². The number of para-hydroxylation sites is 1. The van der Waals surface area contributed by atoms with E-state index in [0.29, 0.717) is 11.6 Å². The van der Waals surface area contributed by atoms with Crippen LogP contribution in [0.15, 0.2) is 90.1 Å². The van der Waals surface area contributed by atoms with E-state index in [1.807, 2.05) is 84.3 Å². The lowest BCUT2D eigenvalue weighted by molar-refractivity contribution is -0.115. The van der Waals surface area contributed by atoms with Crippen molar-refractivity contribution in [3.8, 4) is 11.4 Å². The summed E-state index contributed by atoms with van der Waals surface area (Å²) in [5.41, 5.74) is 2.84. The molecule has 0 fully saturated rings. The number of carbonyl (C=O) groups excluding carboxylic acids is 1. The molecule has 4 rings (SSSR count). The molecule has 1 heterocycles. The summed E-state index contributed by atoms with van der Waals surface area (Å²) >= 11 is 1.38. The average molecular weight is 445 g/mol. The van der Waals surface area contributed by atoms with Crippen molar-refractivity contribution in [1.82, 2.24) is 14.8 Å². The molecule has 32 heavy (non-hydrogen) atoms. The van der Waals surface area contributed by atoms with Gasteiger partial charge < -0.3 is 10.1 Å². The fourth-order valence-electron chi connectivity index (χ4n) is 3.24. The van der Waals surface area contributed by atoms with E-state index in [2.05, 4.69) is 27.6 Å². The molecule has 162 valence electrons. The van der Waals surface area contributed by atoms with Crippen LogP contribution in [0, 0.1) is 0 Å². The van der Waals surface area contributed by atoms with E-state index in [9.17, 15) is 4.79 Å². The van der Waals surface area contributed by atoms with Crippen molar-refractivity contribution in [2.24, 2.45) is 0 Å². The van der Waals surface area contributed by atoms with Gasteiger partial charge in [-0.25, -0.2) is 0 Å². The summed E-state index contributed by atoms with van der Waals surface area (Å²) in [6.45, 7) is 1.87. The number of hydrogen-bond acceptors (Lipinski definition) is 5. The molecule has 1 aromatic heterocycles. The number of aromatic nitrogens is 3. The molecule has 1 atom stereocenters. The normalized spacial score (nSPS) is 11.7. The number of thioether (sulfide) groups is 1. The maximum absolute atomic E-state index is 12.8. The molecule has 1 amide bonds. The fourth-order valence-corrected chi connectivity index (χ4v) is 4.12. The van der Waals surface area contributed by atoms with Crippen LogP contribution < -0.4 is 10.1 Å². The first-order valence-electron chi connectivity index (χ1n) is 10.3. The fraction of sp³-hybridized carbons (Fsp3) is 0.160. The molecule has 0 aliphatic heterocycles. The van der Waals surface area contributed by atoms with Gasteiger partial charge in [0.15, 0.2) is 5.16 Å². The number of methoxy groups -OCH3 is 1. The highest BCUT2D eigenvalue weighted by atomic mass is 32.2. The zero-order chi connectivity index (χ0) is 22.3. The Morgan fingerprint density at radius 1 is 0.969 bits per heavy atom. The van der Waals surface area contributed by atoms with Crippen LogP contribution in [0.3, 0.4) is 0 Å². The zero-order valence-corrected chi connectivity index (χ0v) is 18.8. The van der Waals surface area contributed by atoms with Crippen LogP contribution in [-0.4, -0.2) is 33.0 Å². The summed E-state index contributed by atoms with van der Waals surface area (Å²) in [5.74, 6) is 1.47. The number of ether oxygens (including phenoxy) is 1. The van der Waals surface area contributed by atoms with Crippen LogP contribution in [0.4, 0.5) is 5.69 Å². The molecule has 1 N–H and O–H groups in total. The summed E-state index contributed by atoms with van der Waals surface area (Å²) in [6, 6.07) is 27.4. The molecule has 0 radical (unpaired) electrons. The van der Waals surface area contributed by atoms with Gasteiger partial charge in [0, 0.05) is 17.8 Å². The molecule has 0 bridgehead atoms. The smallest absolute Gasteiger partial charge is 0.237 e. The number of amides is 1. The SMILES string of the molecule is COc1ccc(NC(=O)C(C)Sc2nnc(Cc3ccccc3)n2-c2ccccc2)cc1. The molecule has 1 unspecified atom stereocenters. The minimum atomic E-state index is -0.367. The van der Waals surface area contributed by atoms with Gasteiger partial charge in [-0.3, -0.25) is 9.36 Å². The average Bonchev–Trinajstić information content (AvgIpc) is 3.22. The highest BCUT2D eigenvalue weighted by molar-refractivity contribution is 8.00. The van der Waals surface area contributed by atoms with Gasteiger partial charge in [-0.15, -0.1) is 10.2 Å². The number of benzene rings is 3. The summed E-state index contributed by atoms with van der Waals surface area (Å²) in [4.78, 5) is 12.8. The molecule has 0 spiro atoms. The third kappa shape index (κ3) is 5.18. The Morgan fingerprint density at radius 3 is 2.28 bits per heavy atom. The van der Waals surface area contributed by atoms with Gasteiger partial charge in [0.25, 0.3) is 0 Å². The third-order valence-corrected chi connectivity index (χ3v) is 5.97. The first-order chi connectivity index (χ1) is 15.6. The quantitative estimate of drug-likeness (QED) is 0.388. The van der Waals surface area contributed by atoms with E-state index in [1.165, 1.54) is 11.8 Å². The van der Waals surface area contributed by atoms with E-state index in [1.54, 1.807) is 7.11 Å². The van der Waals surface area contributed by atoms with Crippen LogP contribution in [0.1, 0.15) is 18.3 Å². The summed E-state index contributed by atoms with van der Waals surface area (Å²) in [6.07, 6.45) is 0.649. The second-order valence-corrected chi connectivity index (χ2v) is 8.52. The molecule has 0 saturated carbocycles. The van der Waals surface area contributed by atoms with Crippen molar-refractivity contribution < 1.29 is 9.53 Å². The lowest BCUT2D eigenvalue weighted by Gasteiger charge is -2.14. The number of carbonyl (C=O) groups is 1. The van der Waals surface area contributed by atoms with Crippen molar-refractivity contribution in [3.05, 3.63) is 96.3 Å². The van der Waals surface area contributed by atoms with Crippen LogP contribution in [-0.2, 0) is 11.2 Å². The lowest BCUT2D eigenvalue weighted by Crippen LogP contribution is -2.23. The highest BCUT2D eigenvalue weighted by Crippen LogP contribution is 2.27. The van der Waals surface area contributed by atoms with Crippen LogP contribution >= 0.6 is 11.8 Å². The summed E-state index contributed by atoms with van der Waals surface area (Å²) < 4.78 is 7.19. The Hall–Kier alpha value is -3.58. The molecule has 4 aromatic rings. The van der Waals surface area contributed by atoms with Gasteiger partial charge in [-0.2, -0.15) is 0 Å². The standard InChI is InChI=1S/C25H24N4O2S/c1-18(24(30)26-20-13-15-22(31-2)16-14-20)32-25-28-27-23(17-19-9-5-3-6-10-19)29(25)21-11-7-4-8-12-21/h3-16,18H,17H2,1-2H3,(H,26,30). The number of rotatable bonds is 8. The van der Waals surface area contributed by atoms with Crippen LogP contribution in [0.5, 0.6) is 5.75 Å². The van der Waals surface area contributed by atoms with E-state index in [0.717, 1.165) is 28.5 Å². The van der Waals surface area contributed by atoms with Crippen LogP contribution in [0.2, 0.25) is 0 Å². The van der Waals surface area contributed by atoms with Crippen LogP contribution in [0.25, 0.3) is 5.69 Å². The zero-order valence-electron chi connectivity index (χ0n) is 17.9. The second kappa shape index (κ2) is 10.2. The minimum Gasteiger partial charge on any atom is -0.497 e. The Balaban J connectivity index is 1.55. The Morgan fingerprint density at radius 2 is 1.62 bits per heavy atom. The number of nitrogens with zero attached hydrogens (tertiary/aromatic N) is 3. The van der Waals surface area contributed by atoms with Gasteiger partial charge in [-0.1, -0.05) is 60.3 Å². The Bertz CT molecular complexity index is 1160. The minimum absolute atomic E-state index is 0.104. The monoisotopic (exact) mass is 444 g/mol. The topological polar surface area (TPSA) is 69.0 Å². The van der Waals surface area contributed by atoms with Gasteiger partial charge in [0.1, 0.15) is 11.6 Å². The second-order valence-electron chi connectivity index (χ2n) is 7.21. The van der Waals surface area contributed by atoms with Crippen molar-refractivity contribution in [2.45, 2.75) is 23.8 Å². The molecule has 0 aliphatic rings. The molecule has 0 aliphatic carbocycles. The molecular weight excluding hydrogens is 420 g/mol. The maximum atomic E-state index is 12.8.